The molecule has 0 heterocycles. The van der Waals surface area contributed by atoms with E-state index in [0.29, 0.717) is 5.56 Å². The van der Waals surface area contributed by atoms with Crippen molar-refractivity contribution in [2.45, 2.75) is 10.8 Å². The summed E-state index contributed by atoms with van der Waals surface area (Å²) in [7, 11) is -4.04. The molecule has 2 rings (SSSR count). The van der Waals surface area contributed by atoms with Gasteiger partial charge in [0.15, 0.2) is 9.84 Å². The molecular formula is C15H13FO4S. The van der Waals surface area contributed by atoms with Crippen molar-refractivity contribution in [1.29, 1.82) is 0 Å². The maximum atomic E-state index is 13.6. The Morgan fingerprint density at radius 1 is 1.05 bits per heavy atom. The summed E-state index contributed by atoms with van der Waals surface area (Å²) >= 11 is 0. The van der Waals surface area contributed by atoms with Crippen LogP contribution in [0, 0.1) is 5.82 Å². The van der Waals surface area contributed by atoms with Gasteiger partial charge in [-0.2, -0.15) is 0 Å². The fourth-order valence-corrected chi connectivity index (χ4v) is 3.61. The third-order valence-corrected chi connectivity index (χ3v) is 4.83. The number of hydrogen-bond donors (Lipinski definition) is 1. The van der Waals surface area contributed by atoms with Crippen LogP contribution < -0.4 is 0 Å². The fraction of sp³-hybridized carbons (Fsp3) is 0.133. The number of carbonyl (C=O) groups is 1. The number of sulfone groups is 1. The van der Waals surface area contributed by atoms with Crippen LogP contribution in [-0.4, -0.2) is 25.2 Å². The molecule has 0 fully saturated rings. The Morgan fingerprint density at radius 3 is 2.19 bits per heavy atom. The normalized spacial score (nSPS) is 12.8. The summed E-state index contributed by atoms with van der Waals surface area (Å²) in [6, 6.07) is 13.0. The maximum absolute atomic E-state index is 13.6. The van der Waals surface area contributed by atoms with Crippen molar-refractivity contribution in [3.8, 4) is 0 Å². The predicted molar refractivity (Wildman–Crippen MR) is 75.3 cm³/mol. The molecule has 0 amide bonds. The molecule has 2 aromatic rings. The molecule has 0 saturated heterocycles. The highest BCUT2D eigenvalue weighted by Crippen LogP contribution is 2.23. The molecule has 0 bridgehead atoms. The average molecular weight is 308 g/mol. The molecule has 2 aromatic carbocycles. The Hall–Kier alpha value is -2.21. The molecule has 0 aliphatic rings. The van der Waals surface area contributed by atoms with Crippen LogP contribution in [0.1, 0.15) is 11.5 Å². The van der Waals surface area contributed by atoms with E-state index >= 15 is 0 Å². The van der Waals surface area contributed by atoms with Gasteiger partial charge >= 0.3 is 5.97 Å². The van der Waals surface area contributed by atoms with Gasteiger partial charge in [-0.15, -0.1) is 0 Å². The SMILES string of the molecule is O=C(O)C(CS(=O)(=O)c1ccccc1F)c1ccccc1. The second-order valence-electron chi connectivity index (χ2n) is 4.51. The zero-order valence-corrected chi connectivity index (χ0v) is 11.8. The summed E-state index contributed by atoms with van der Waals surface area (Å²) in [5.41, 5.74) is 0.366. The predicted octanol–water partition coefficient (Wildman–Crippen LogP) is 2.47. The Bertz CT molecular complexity index is 741. The smallest absolute Gasteiger partial charge is 0.312 e. The molecule has 110 valence electrons. The van der Waals surface area contributed by atoms with Crippen molar-refractivity contribution in [3.05, 3.63) is 66.0 Å². The van der Waals surface area contributed by atoms with Crippen molar-refractivity contribution >= 4 is 15.8 Å². The van der Waals surface area contributed by atoms with Crippen LogP contribution in [0.4, 0.5) is 4.39 Å². The third-order valence-electron chi connectivity index (χ3n) is 3.06. The maximum Gasteiger partial charge on any atom is 0.312 e. The van der Waals surface area contributed by atoms with E-state index in [-0.39, 0.29) is 0 Å². The van der Waals surface area contributed by atoms with Gasteiger partial charge in [0, 0.05) is 0 Å². The van der Waals surface area contributed by atoms with E-state index < -0.39 is 38.2 Å². The van der Waals surface area contributed by atoms with Crippen molar-refractivity contribution < 1.29 is 22.7 Å². The van der Waals surface area contributed by atoms with Gasteiger partial charge in [-0.05, 0) is 17.7 Å². The van der Waals surface area contributed by atoms with Crippen LogP contribution in [0.25, 0.3) is 0 Å². The minimum absolute atomic E-state index is 0.366. The Kier molecular flexibility index (Phi) is 4.37. The lowest BCUT2D eigenvalue weighted by Crippen LogP contribution is -2.22. The molecule has 0 aromatic heterocycles. The lowest BCUT2D eigenvalue weighted by atomic mass is 10.0. The lowest BCUT2D eigenvalue weighted by molar-refractivity contribution is -0.138. The summed E-state index contributed by atoms with van der Waals surface area (Å²) in [4.78, 5) is 10.9. The van der Waals surface area contributed by atoms with Gasteiger partial charge in [-0.25, -0.2) is 12.8 Å². The quantitative estimate of drug-likeness (QED) is 0.921. The van der Waals surface area contributed by atoms with Gasteiger partial charge in [0.2, 0.25) is 0 Å². The van der Waals surface area contributed by atoms with Gasteiger partial charge in [-0.3, -0.25) is 4.79 Å². The second-order valence-corrected chi connectivity index (χ2v) is 6.52. The number of benzene rings is 2. The van der Waals surface area contributed by atoms with Crippen LogP contribution >= 0.6 is 0 Å². The van der Waals surface area contributed by atoms with E-state index in [9.17, 15) is 22.7 Å². The van der Waals surface area contributed by atoms with Crippen LogP contribution in [0.3, 0.4) is 0 Å². The summed E-state index contributed by atoms with van der Waals surface area (Å²) < 4.78 is 38.1. The average Bonchev–Trinajstić information content (AvgIpc) is 2.46. The highest BCUT2D eigenvalue weighted by atomic mass is 32.2. The Balaban J connectivity index is 2.38. The molecule has 0 radical (unpaired) electrons. The molecule has 0 saturated carbocycles. The molecule has 0 aliphatic heterocycles. The van der Waals surface area contributed by atoms with Crippen molar-refractivity contribution in [3.63, 3.8) is 0 Å². The van der Waals surface area contributed by atoms with Gasteiger partial charge in [0.1, 0.15) is 10.7 Å². The minimum Gasteiger partial charge on any atom is -0.481 e. The topological polar surface area (TPSA) is 71.4 Å². The number of carboxylic acids is 1. The monoisotopic (exact) mass is 308 g/mol. The first kappa shape index (κ1) is 15.2. The van der Waals surface area contributed by atoms with Gasteiger partial charge in [0.05, 0.1) is 11.7 Å². The van der Waals surface area contributed by atoms with Gasteiger partial charge in [-0.1, -0.05) is 42.5 Å². The summed E-state index contributed by atoms with van der Waals surface area (Å²) in [6.45, 7) is 0. The molecule has 1 unspecified atom stereocenters. The number of hydrogen-bond acceptors (Lipinski definition) is 3. The molecule has 4 nitrogen and oxygen atoms in total. The van der Waals surface area contributed by atoms with Crippen LogP contribution in [0.15, 0.2) is 59.5 Å². The first-order chi connectivity index (χ1) is 9.92. The lowest BCUT2D eigenvalue weighted by Gasteiger charge is -2.13. The highest BCUT2D eigenvalue weighted by molar-refractivity contribution is 7.91. The van der Waals surface area contributed by atoms with E-state index in [2.05, 4.69) is 0 Å². The molecule has 0 aliphatic carbocycles. The van der Waals surface area contributed by atoms with E-state index in [1.165, 1.54) is 24.3 Å². The Labute approximate surface area is 121 Å². The van der Waals surface area contributed by atoms with Crippen LogP contribution in [0.2, 0.25) is 0 Å². The summed E-state index contributed by atoms with van der Waals surface area (Å²) in [6.07, 6.45) is 0. The number of carboxylic acid groups (broad SMARTS) is 1. The fourth-order valence-electron chi connectivity index (χ4n) is 2.00. The number of halogens is 1. The summed E-state index contributed by atoms with van der Waals surface area (Å²) in [5, 5.41) is 9.25. The van der Waals surface area contributed by atoms with Gasteiger partial charge in [0.25, 0.3) is 0 Å². The molecule has 1 atom stereocenters. The minimum atomic E-state index is -4.04. The van der Waals surface area contributed by atoms with E-state index in [0.717, 1.165) is 12.1 Å². The Morgan fingerprint density at radius 2 is 1.62 bits per heavy atom. The molecule has 6 heteroatoms. The third kappa shape index (κ3) is 3.46. The van der Waals surface area contributed by atoms with Crippen molar-refractivity contribution in [2.75, 3.05) is 5.75 Å². The standard InChI is InChI=1S/C15H13FO4S/c16-13-8-4-5-9-14(13)21(19,20)10-12(15(17)18)11-6-2-1-3-7-11/h1-9,12H,10H2,(H,17,18). The van der Waals surface area contributed by atoms with Crippen LogP contribution in [-0.2, 0) is 14.6 Å². The molecular weight excluding hydrogens is 295 g/mol. The van der Waals surface area contributed by atoms with Crippen molar-refractivity contribution in [2.24, 2.45) is 0 Å². The first-order valence-electron chi connectivity index (χ1n) is 6.17. The highest BCUT2D eigenvalue weighted by Gasteiger charge is 2.29. The summed E-state index contributed by atoms with van der Waals surface area (Å²) in [5.74, 6) is -4.07. The first-order valence-corrected chi connectivity index (χ1v) is 7.82. The van der Waals surface area contributed by atoms with Crippen LogP contribution in [0.5, 0.6) is 0 Å². The van der Waals surface area contributed by atoms with E-state index in [1.54, 1.807) is 18.2 Å². The van der Waals surface area contributed by atoms with E-state index in [4.69, 9.17) is 0 Å². The number of aliphatic carboxylic acids is 1. The van der Waals surface area contributed by atoms with Gasteiger partial charge < -0.3 is 5.11 Å². The molecule has 21 heavy (non-hydrogen) atoms. The zero-order chi connectivity index (χ0) is 15.5. The largest absolute Gasteiger partial charge is 0.481 e. The molecule has 0 spiro atoms. The van der Waals surface area contributed by atoms with E-state index in [1.807, 2.05) is 0 Å². The molecule has 1 N–H and O–H groups in total. The second kappa shape index (κ2) is 6.05. The number of rotatable bonds is 5. The van der Waals surface area contributed by atoms with Crippen molar-refractivity contribution in [1.82, 2.24) is 0 Å². The zero-order valence-electron chi connectivity index (χ0n) is 10.9.